The maximum Gasteiger partial charge on any atom is 0.407 e. The summed E-state index contributed by atoms with van der Waals surface area (Å²) >= 11 is 0. The zero-order chi connectivity index (χ0) is 24.3. The van der Waals surface area contributed by atoms with E-state index in [-0.39, 0.29) is 32.2 Å². The van der Waals surface area contributed by atoms with Gasteiger partial charge < -0.3 is 25.2 Å². The van der Waals surface area contributed by atoms with Gasteiger partial charge in [0.15, 0.2) is 0 Å². The smallest absolute Gasteiger partial charge is 0.407 e. The Morgan fingerprint density at radius 2 is 1.79 bits per heavy atom. The molecule has 0 aromatic heterocycles. The summed E-state index contributed by atoms with van der Waals surface area (Å²) in [6, 6.07) is 14.4. The summed E-state index contributed by atoms with van der Waals surface area (Å²) in [6.07, 6.45) is 0.940. The Bertz CT molecular complexity index is 1070. The fourth-order valence-electron chi connectivity index (χ4n) is 4.54. The maximum absolute atomic E-state index is 12.8. The van der Waals surface area contributed by atoms with E-state index in [1.54, 1.807) is 0 Å². The van der Waals surface area contributed by atoms with Crippen molar-refractivity contribution in [1.29, 1.82) is 0 Å². The first kappa shape index (κ1) is 23.5. The molecule has 1 aliphatic carbocycles. The van der Waals surface area contributed by atoms with Crippen LogP contribution in [0.2, 0.25) is 0 Å². The van der Waals surface area contributed by atoms with Gasteiger partial charge in [-0.05, 0) is 35.6 Å². The predicted octanol–water partition coefficient (Wildman–Crippen LogP) is 3.08. The van der Waals surface area contributed by atoms with Gasteiger partial charge in [-0.3, -0.25) is 9.59 Å². The second-order valence-corrected chi connectivity index (χ2v) is 8.85. The summed E-state index contributed by atoms with van der Waals surface area (Å²) < 4.78 is 10.8. The Morgan fingerprint density at radius 3 is 2.38 bits per heavy atom. The molecule has 3 atom stereocenters. The highest BCUT2D eigenvalue weighted by atomic mass is 16.5. The molecule has 8 heteroatoms. The first-order chi connectivity index (χ1) is 16.3. The fourth-order valence-corrected chi connectivity index (χ4v) is 4.54. The van der Waals surface area contributed by atoms with Gasteiger partial charge in [-0.25, -0.2) is 4.79 Å². The lowest BCUT2D eigenvalue weighted by Crippen LogP contribution is -2.55. The van der Waals surface area contributed by atoms with Gasteiger partial charge in [0.2, 0.25) is 5.91 Å². The van der Waals surface area contributed by atoms with Crippen LogP contribution in [0.1, 0.15) is 30.4 Å². The van der Waals surface area contributed by atoms with E-state index in [0.29, 0.717) is 0 Å². The van der Waals surface area contributed by atoms with Crippen LogP contribution in [-0.4, -0.2) is 55.0 Å². The van der Waals surface area contributed by atoms with Crippen LogP contribution in [0.5, 0.6) is 0 Å². The highest BCUT2D eigenvalue weighted by Crippen LogP contribution is 2.44. The van der Waals surface area contributed by atoms with Crippen molar-refractivity contribution in [2.45, 2.75) is 31.3 Å². The van der Waals surface area contributed by atoms with Gasteiger partial charge in [-0.15, -0.1) is 6.58 Å². The molecule has 1 heterocycles. The normalized spacial score (nSPS) is 21.7. The average Bonchev–Trinajstić information content (AvgIpc) is 3.36. The standard InChI is InChI=1S/C26H28N2O6/c1-3-8-21(23(29)28-22-14-33-15-26(22,2)24(30)31)27-25(32)34-13-20-18-11-6-4-9-16(18)17-10-5-7-12-19(17)20/h3-7,9-12,20-22H,1,8,13-15H2,2H3,(H,27,32)(H,28,29)(H,30,31). The van der Waals surface area contributed by atoms with Crippen LogP contribution in [0.4, 0.5) is 4.79 Å². The van der Waals surface area contributed by atoms with E-state index in [2.05, 4.69) is 29.3 Å². The Balaban J connectivity index is 1.40. The van der Waals surface area contributed by atoms with Crippen molar-refractivity contribution in [3.8, 4) is 11.1 Å². The molecule has 0 radical (unpaired) electrons. The van der Waals surface area contributed by atoms with E-state index < -0.39 is 35.5 Å². The fraction of sp³-hybridized carbons (Fsp3) is 0.346. The number of carbonyl (C=O) groups excluding carboxylic acids is 2. The van der Waals surface area contributed by atoms with Gasteiger partial charge in [0.05, 0.1) is 19.3 Å². The Morgan fingerprint density at radius 1 is 1.18 bits per heavy atom. The van der Waals surface area contributed by atoms with E-state index in [0.717, 1.165) is 22.3 Å². The quantitative estimate of drug-likeness (QED) is 0.518. The molecule has 34 heavy (non-hydrogen) atoms. The van der Waals surface area contributed by atoms with Gasteiger partial charge in [0.1, 0.15) is 18.1 Å². The number of hydrogen-bond acceptors (Lipinski definition) is 5. The molecular weight excluding hydrogens is 436 g/mol. The third-order valence-electron chi connectivity index (χ3n) is 6.62. The molecule has 178 valence electrons. The topological polar surface area (TPSA) is 114 Å². The summed E-state index contributed by atoms with van der Waals surface area (Å²) in [7, 11) is 0. The number of nitrogens with one attached hydrogen (secondary N) is 2. The zero-order valence-corrected chi connectivity index (χ0v) is 19.0. The van der Waals surface area contributed by atoms with Crippen LogP contribution in [0.3, 0.4) is 0 Å². The first-order valence-electron chi connectivity index (χ1n) is 11.2. The third-order valence-corrected chi connectivity index (χ3v) is 6.62. The van der Waals surface area contributed by atoms with E-state index in [1.807, 2.05) is 36.4 Å². The molecule has 2 aliphatic rings. The molecule has 1 saturated heterocycles. The van der Waals surface area contributed by atoms with E-state index in [9.17, 15) is 19.5 Å². The number of ether oxygens (including phenoxy) is 2. The molecule has 1 fully saturated rings. The number of carboxylic acids is 1. The van der Waals surface area contributed by atoms with Crippen LogP contribution in [-0.2, 0) is 19.1 Å². The summed E-state index contributed by atoms with van der Waals surface area (Å²) in [5, 5.41) is 14.8. The number of carboxylic acid groups (broad SMARTS) is 1. The molecule has 2 aromatic rings. The summed E-state index contributed by atoms with van der Waals surface area (Å²) in [5.74, 6) is -1.67. The first-order valence-corrected chi connectivity index (χ1v) is 11.2. The largest absolute Gasteiger partial charge is 0.481 e. The van der Waals surface area contributed by atoms with Crippen LogP contribution >= 0.6 is 0 Å². The number of alkyl carbamates (subject to hydrolysis) is 1. The average molecular weight is 465 g/mol. The van der Waals surface area contributed by atoms with Crippen molar-refractivity contribution in [3.05, 3.63) is 72.3 Å². The number of rotatable bonds is 8. The molecule has 4 rings (SSSR count). The number of carbonyl (C=O) groups is 3. The number of benzene rings is 2. The minimum Gasteiger partial charge on any atom is -0.481 e. The highest BCUT2D eigenvalue weighted by molar-refractivity contribution is 5.87. The summed E-state index contributed by atoms with van der Waals surface area (Å²) in [4.78, 5) is 37.1. The molecule has 3 unspecified atom stereocenters. The minimum atomic E-state index is -1.24. The summed E-state index contributed by atoms with van der Waals surface area (Å²) in [5.41, 5.74) is 3.18. The molecule has 0 saturated carbocycles. The SMILES string of the molecule is C=CCC(NC(=O)OCC1c2ccccc2-c2ccccc21)C(=O)NC1COCC1(C)C(=O)O. The molecule has 2 aromatic carbocycles. The van der Waals surface area contributed by atoms with Crippen molar-refractivity contribution in [2.24, 2.45) is 5.41 Å². The van der Waals surface area contributed by atoms with E-state index in [4.69, 9.17) is 9.47 Å². The Kier molecular flexibility index (Phi) is 6.70. The monoisotopic (exact) mass is 464 g/mol. The van der Waals surface area contributed by atoms with Crippen molar-refractivity contribution in [3.63, 3.8) is 0 Å². The molecule has 1 aliphatic heterocycles. The molecule has 2 amide bonds. The van der Waals surface area contributed by atoms with Crippen LogP contribution < -0.4 is 10.6 Å². The van der Waals surface area contributed by atoms with Crippen LogP contribution in [0, 0.1) is 5.41 Å². The lowest BCUT2D eigenvalue weighted by molar-refractivity contribution is -0.149. The van der Waals surface area contributed by atoms with Crippen molar-refractivity contribution in [1.82, 2.24) is 10.6 Å². The van der Waals surface area contributed by atoms with Gasteiger partial charge in [0, 0.05) is 5.92 Å². The Labute approximate surface area is 198 Å². The van der Waals surface area contributed by atoms with Crippen molar-refractivity contribution >= 4 is 18.0 Å². The maximum atomic E-state index is 12.8. The number of amides is 2. The molecular formula is C26H28N2O6. The Hall–Kier alpha value is -3.65. The summed E-state index contributed by atoms with van der Waals surface area (Å²) in [6.45, 7) is 5.37. The second-order valence-electron chi connectivity index (χ2n) is 8.85. The number of fused-ring (bicyclic) bond motifs is 3. The molecule has 0 bridgehead atoms. The van der Waals surface area contributed by atoms with Gasteiger partial charge in [0.25, 0.3) is 0 Å². The van der Waals surface area contributed by atoms with Crippen molar-refractivity contribution in [2.75, 3.05) is 19.8 Å². The lowest BCUT2D eigenvalue weighted by atomic mass is 9.85. The highest BCUT2D eigenvalue weighted by Gasteiger charge is 2.47. The molecule has 8 nitrogen and oxygen atoms in total. The van der Waals surface area contributed by atoms with Crippen LogP contribution in [0.15, 0.2) is 61.2 Å². The van der Waals surface area contributed by atoms with Gasteiger partial charge in [-0.1, -0.05) is 54.6 Å². The number of hydrogen-bond donors (Lipinski definition) is 3. The van der Waals surface area contributed by atoms with E-state index >= 15 is 0 Å². The van der Waals surface area contributed by atoms with Crippen molar-refractivity contribution < 1.29 is 29.0 Å². The predicted molar refractivity (Wildman–Crippen MR) is 125 cm³/mol. The molecule has 3 N–H and O–H groups in total. The second kappa shape index (κ2) is 9.69. The van der Waals surface area contributed by atoms with E-state index in [1.165, 1.54) is 13.0 Å². The van der Waals surface area contributed by atoms with Crippen LogP contribution in [0.25, 0.3) is 11.1 Å². The third kappa shape index (κ3) is 4.41. The number of aliphatic carboxylic acids is 1. The minimum absolute atomic E-state index is 0.000782. The van der Waals surface area contributed by atoms with Gasteiger partial charge in [-0.2, -0.15) is 0 Å². The van der Waals surface area contributed by atoms with Gasteiger partial charge >= 0.3 is 12.1 Å². The lowest BCUT2D eigenvalue weighted by Gasteiger charge is -2.27. The zero-order valence-electron chi connectivity index (χ0n) is 19.0. The molecule has 0 spiro atoms.